The molecule has 6 nitrogen and oxygen atoms in total. The SMILES string of the molecule is CC(C)=CCCCOC(=O)/C=C/CC1CC(O)C(C)C/C=C/Cc2cccc(O)c2C(=O)O1. The van der Waals surface area contributed by atoms with Crippen LogP contribution in [-0.4, -0.2) is 41.0 Å². The van der Waals surface area contributed by atoms with E-state index in [4.69, 9.17) is 9.47 Å². The van der Waals surface area contributed by atoms with Crippen LogP contribution in [0.15, 0.2) is 54.2 Å². The van der Waals surface area contributed by atoms with Crippen LogP contribution in [0.2, 0.25) is 0 Å². The standard InChI is InChI=1S/C27H36O6/c1-19(2)10-6-7-17-32-25(30)16-9-14-22-18-24(29)20(3)11-4-5-12-21-13-8-15-23(28)26(21)27(31)33-22/h4-5,8-10,13,15-16,20,22,24,28-29H,6-7,11-12,14,17-18H2,1-3H3/b5-4+,16-9+. The third-order valence-electron chi connectivity index (χ3n) is 5.58. The molecule has 1 aliphatic heterocycles. The molecular formula is C27H36O6. The number of esters is 2. The van der Waals surface area contributed by atoms with Gasteiger partial charge in [-0.2, -0.15) is 0 Å². The maximum Gasteiger partial charge on any atom is 0.342 e. The van der Waals surface area contributed by atoms with Crippen molar-refractivity contribution in [3.05, 3.63) is 65.3 Å². The zero-order valence-electron chi connectivity index (χ0n) is 19.8. The van der Waals surface area contributed by atoms with Crippen LogP contribution in [-0.2, 0) is 20.7 Å². The summed E-state index contributed by atoms with van der Waals surface area (Å²) in [5, 5.41) is 20.8. The van der Waals surface area contributed by atoms with Gasteiger partial charge >= 0.3 is 11.9 Å². The lowest BCUT2D eigenvalue weighted by Gasteiger charge is -2.24. The molecule has 0 saturated carbocycles. The van der Waals surface area contributed by atoms with Crippen molar-refractivity contribution < 1.29 is 29.3 Å². The summed E-state index contributed by atoms with van der Waals surface area (Å²) in [4.78, 5) is 24.8. The predicted molar refractivity (Wildman–Crippen MR) is 128 cm³/mol. The van der Waals surface area contributed by atoms with Gasteiger partial charge in [-0.25, -0.2) is 9.59 Å². The molecule has 3 atom stereocenters. The highest BCUT2D eigenvalue weighted by Crippen LogP contribution is 2.26. The summed E-state index contributed by atoms with van der Waals surface area (Å²) >= 11 is 0. The Morgan fingerprint density at radius 2 is 2.06 bits per heavy atom. The number of fused-ring (bicyclic) bond motifs is 1. The fourth-order valence-corrected chi connectivity index (χ4v) is 3.59. The van der Waals surface area contributed by atoms with Crippen molar-refractivity contribution >= 4 is 11.9 Å². The van der Waals surface area contributed by atoms with Crippen LogP contribution in [0.1, 0.15) is 68.8 Å². The number of hydrogen-bond donors (Lipinski definition) is 2. The van der Waals surface area contributed by atoms with E-state index in [1.54, 1.807) is 18.2 Å². The number of phenols is 1. The van der Waals surface area contributed by atoms with Gasteiger partial charge in [-0.1, -0.05) is 48.9 Å². The largest absolute Gasteiger partial charge is 0.507 e. The molecule has 1 aliphatic rings. The molecular weight excluding hydrogens is 420 g/mol. The molecule has 1 heterocycles. The Morgan fingerprint density at radius 1 is 1.27 bits per heavy atom. The number of ether oxygens (including phenoxy) is 2. The molecule has 0 fully saturated rings. The number of carbonyl (C=O) groups excluding carboxylic acids is 2. The Bertz CT molecular complexity index is 879. The molecule has 0 aliphatic carbocycles. The predicted octanol–water partition coefficient (Wildman–Crippen LogP) is 5.04. The van der Waals surface area contributed by atoms with Crippen LogP contribution in [0.5, 0.6) is 5.75 Å². The summed E-state index contributed by atoms with van der Waals surface area (Å²) in [7, 11) is 0. The molecule has 0 bridgehead atoms. The van der Waals surface area contributed by atoms with E-state index in [1.807, 2.05) is 32.9 Å². The Balaban J connectivity index is 2.05. The summed E-state index contributed by atoms with van der Waals surface area (Å²) in [6.07, 6.45) is 10.9. The molecule has 0 saturated heterocycles. The highest BCUT2D eigenvalue weighted by Gasteiger charge is 2.25. The second-order valence-corrected chi connectivity index (χ2v) is 8.76. The summed E-state index contributed by atoms with van der Waals surface area (Å²) < 4.78 is 10.9. The monoisotopic (exact) mass is 456 g/mol. The Morgan fingerprint density at radius 3 is 2.82 bits per heavy atom. The number of aromatic hydroxyl groups is 1. The van der Waals surface area contributed by atoms with E-state index >= 15 is 0 Å². The van der Waals surface area contributed by atoms with Gasteiger partial charge in [-0.3, -0.25) is 0 Å². The maximum atomic E-state index is 12.9. The molecule has 33 heavy (non-hydrogen) atoms. The molecule has 0 aromatic heterocycles. The minimum absolute atomic E-state index is 0.0136. The van der Waals surface area contributed by atoms with E-state index in [1.165, 1.54) is 17.7 Å². The second-order valence-electron chi connectivity index (χ2n) is 8.76. The lowest BCUT2D eigenvalue weighted by atomic mass is 9.93. The van der Waals surface area contributed by atoms with Gasteiger partial charge in [-0.05, 0) is 57.1 Å². The van der Waals surface area contributed by atoms with Crippen LogP contribution in [0.25, 0.3) is 0 Å². The molecule has 3 unspecified atom stereocenters. The van der Waals surface area contributed by atoms with Crippen LogP contribution in [0.4, 0.5) is 0 Å². The molecule has 0 spiro atoms. The Hall–Kier alpha value is -2.86. The number of hydrogen-bond acceptors (Lipinski definition) is 6. The highest BCUT2D eigenvalue weighted by atomic mass is 16.5. The fourth-order valence-electron chi connectivity index (χ4n) is 3.59. The zero-order valence-corrected chi connectivity index (χ0v) is 19.8. The molecule has 180 valence electrons. The van der Waals surface area contributed by atoms with E-state index in [0.29, 0.717) is 25.0 Å². The van der Waals surface area contributed by atoms with Crippen molar-refractivity contribution in [1.82, 2.24) is 0 Å². The molecule has 6 heteroatoms. The number of aliphatic hydroxyl groups excluding tert-OH is 1. The van der Waals surface area contributed by atoms with Gasteiger partial charge in [0.15, 0.2) is 0 Å². The zero-order chi connectivity index (χ0) is 24.2. The fraction of sp³-hybridized carbons (Fsp3) is 0.481. The minimum Gasteiger partial charge on any atom is -0.507 e. The van der Waals surface area contributed by atoms with Gasteiger partial charge in [0.1, 0.15) is 17.4 Å². The lowest BCUT2D eigenvalue weighted by Crippen LogP contribution is -2.28. The Kier molecular flexibility index (Phi) is 10.9. The van der Waals surface area contributed by atoms with Crippen molar-refractivity contribution in [1.29, 1.82) is 0 Å². The number of phenolic OH excluding ortho intramolecular Hbond substituents is 1. The van der Waals surface area contributed by atoms with Crippen LogP contribution in [0, 0.1) is 5.92 Å². The van der Waals surface area contributed by atoms with Gasteiger partial charge in [0.25, 0.3) is 0 Å². The Labute approximate surface area is 196 Å². The van der Waals surface area contributed by atoms with Gasteiger partial charge in [0.05, 0.1) is 12.7 Å². The molecule has 0 radical (unpaired) electrons. The number of rotatable bonds is 7. The first-order chi connectivity index (χ1) is 15.8. The molecule has 1 aromatic rings. The average molecular weight is 457 g/mol. The highest BCUT2D eigenvalue weighted by molar-refractivity contribution is 5.94. The van der Waals surface area contributed by atoms with E-state index < -0.39 is 24.1 Å². The summed E-state index contributed by atoms with van der Waals surface area (Å²) in [5.74, 6) is -1.24. The molecule has 0 amide bonds. The van der Waals surface area contributed by atoms with Crippen molar-refractivity contribution in [2.45, 2.75) is 71.5 Å². The number of unbranched alkanes of at least 4 members (excludes halogenated alkanes) is 1. The van der Waals surface area contributed by atoms with Crippen molar-refractivity contribution in [3.8, 4) is 5.75 Å². The van der Waals surface area contributed by atoms with Crippen LogP contribution >= 0.6 is 0 Å². The van der Waals surface area contributed by atoms with E-state index in [2.05, 4.69) is 6.08 Å². The number of carbonyl (C=O) groups is 2. The number of allylic oxidation sites excluding steroid dienone is 4. The molecule has 2 rings (SSSR count). The normalized spacial score (nSPS) is 22.4. The van der Waals surface area contributed by atoms with Crippen LogP contribution < -0.4 is 0 Å². The topological polar surface area (TPSA) is 93.1 Å². The molecule has 1 aromatic carbocycles. The third-order valence-corrected chi connectivity index (χ3v) is 5.58. The second kappa shape index (κ2) is 13.6. The maximum absolute atomic E-state index is 12.9. The first-order valence-electron chi connectivity index (χ1n) is 11.6. The van der Waals surface area contributed by atoms with Gasteiger partial charge in [-0.15, -0.1) is 0 Å². The number of cyclic esters (lactones) is 1. The minimum atomic E-state index is -0.675. The first kappa shape index (κ1) is 26.4. The smallest absolute Gasteiger partial charge is 0.342 e. The summed E-state index contributed by atoms with van der Waals surface area (Å²) in [6, 6.07) is 4.93. The third kappa shape index (κ3) is 9.26. The van der Waals surface area contributed by atoms with E-state index in [9.17, 15) is 19.8 Å². The quantitative estimate of drug-likeness (QED) is 0.258. The van der Waals surface area contributed by atoms with E-state index in [-0.39, 0.29) is 30.1 Å². The first-order valence-corrected chi connectivity index (χ1v) is 11.6. The van der Waals surface area contributed by atoms with Gasteiger partial charge in [0.2, 0.25) is 0 Å². The number of aliphatic hydroxyl groups is 1. The summed E-state index contributed by atoms with van der Waals surface area (Å²) in [6.45, 7) is 6.34. The summed E-state index contributed by atoms with van der Waals surface area (Å²) in [5.41, 5.74) is 2.04. The number of benzene rings is 1. The van der Waals surface area contributed by atoms with Gasteiger partial charge in [0, 0.05) is 18.9 Å². The lowest BCUT2D eigenvalue weighted by molar-refractivity contribution is -0.137. The van der Waals surface area contributed by atoms with E-state index in [0.717, 1.165) is 12.8 Å². The van der Waals surface area contributed by atoms with Crippen molar-refractivity contribution in [2.24, 2.45) is 5.92 Å². The average Bonchev–Trinajstić information content (AvgIpc) is 2.75. The van der Waals surface area contributed by atoms with Crippen molar-refractivity contribution in [3.63, 3.8) is 0 Å². The molecule has 2 N–H and O–H groups in total. The van der Waals surface area contributed by atoms with Crippen molar-refractivity contribution in [2.75, 3.05) is 6.61 Å². The van der Waals surface area contributed by atoms with Crippen LogP contribution in [0.3, 0.4) is 0 Å². The van der Waals surface area contributed by atoms with Gasteiger partial charge < -0.3 is 19.7 Å².